The number of rotatable bonds is 6. The van der Waals surface area contributed by atoms with Crippen molar-refractivity contribution in [3.05, 3.63) is 18.3 Å². The van der Waals surface area contributed by atoms with Crippen LogP contribution >= 0.6 is 0 Å². The molecule has 0 amide bonds. The van der Waals surface area contributed by atoms with Gasteiger partial charge in [-0.15, -0.1) is 0 Å². The lowest BCUT2D eigenvalue weighted by Crippen LogP contribution is -2.43. The molecule has 0 aromatic carbocycles. The van der Waals surface area contributed by atoms with E-state index in [-0.39, 0.29) is 6.10 Å². The molecule has 0 bridgehead atoms. The fourth-order valence-electron chi connectivity index (χ4n) is 2.24. The largest absolute Gasteiger partial charge is 0.487 e. The van der Waals surface area contributed by atoms with Crippen molar-refractivity contribution in [3.8, 4) is 5.75 Å². The smallest absolute Gasteiger partial charge is 0.171 e. The normalized spacial score (nSPS) is 15.6. The van der Waals surface area contributed by atoms with Crippen LogP contribution in [0.1, 0.15) is 33.1 Å². The maximum absolute atomic E-state index is 5.85. The zero-order valence-corrected chi connectivity index (χ0v) is 11.3. The highest BCUT2D eigenvalue weighted by Gasteiger charge is 2.27. The third kappa shape index (κ3) is 2.93. The average Bonchev–Trinajstić information content (AvgIpc) is 2.26. The fraction of sp³-hybridized carbons (Fsp3) is 0.643. The van der Waals surface area contributed by atoms with E-state index in [2.05, 4.69) is 9.88 Å². The van der Waals surface area contributed by atoms with Crippen LogP contribution < -0.4 is 15.4 Å². The lowest BCUT2D eigenvalue weighted by atomic mass is 9.91. The predicted octanol–water partition coefficient (Wildman–Crippen LogP) is 2.19. The topological polar surface area (TPSA) is 51.4 Å². The Bertz CT molecular complexity index is 377. The molecule has 1 aromatic heterocycles. The Labute approximate surface area is 109 Å². The summed E-state index contributed by atoms with van der Waals surface area (Å²) in [6.45, 7) is 5.56. The van der Waals surface area contributed by atoms with Crippen molar-refractivity contribution >= 4 is 5.82 Å². The van der Waals surface area contributed by atoms with Gasteiger partial charge in [0.1, 0.15) is 0 Å². The molecule has 4 heteroatoms. The number of aromatic nitrogens is 1. The SMILES string of the molecule is CC(C)Oc1cccnc1N(CCN)C1CCC1. The molecule has 0 saturated heterocycles. The van der Waals surface area contributed by atoms with Crippen LogP contribution in [0.2, 0.25) is 0 Å². The molecule has 0 radical (unpaired) electrons. The maximum atomic E-state index is 5.85. The Morgan fingerprint density at radius 1 is 1.50 bits per heavy atom. The minimum atomic E-state index is 0.161. The monoisotopic (exact) mass is 249 g/mol. The fourth-order valence-corrected chi connectivity index (χ4v) is 2.24. The lowest BCUT2D eigenvalue weighted by molar-refractivity contribution is 0.240. The van der Waals surface area contributed by atoms with Gasteiger partial charge in [0.25, 0.3) is 0 Å². The second kappa shape index (κ2) is 6.05. The van der Waals surface area contributed by atoms with Gasteiger partial charge in [0.05, 0.1) is 6.10 Å². The van der Waals surface area contributed by atoms with Crippen molar-refractivity contribution in [3.63, 3.8) is 0 Å². The van der Waals surface area contributed by atoms with E-state index < -0.39 is 0 Å². The Hall–Kier alpha value is -1.29. The molecule has 2 rings (SSSR count). The molecule has 18 heavy (non-hydrogen) atoms. The highest BCUT2D eigenvalue weighted by atomic mass is 16.5. The first-order valence-corrected chi connectivity index (χ1v) is 6.80. The Balaban J connectivity index is 2.22. The number of ether oxygens (including phenoxy) is 1. The van der Waals surface area contributed by atoms with Gasteiger partial charge in [-0.1, -0.05) is 0 Å². The summed E-state index contributed by atoms with van der Waals surface area (Å²) in [5, 5.41) is 0. The van der Waals surface area contributed by atoms with Crippen LogP contribution in [0.3, 0.4) is 0 Å². The van der Waals surface area contributed by atoms with Gasteiger partial charge in [-0.05, 0) is 45.2 Å². The van der Waals surface area contributed by atoms with E-state index in [0.29, 0.717) is 12.6 Å². The minimum Gasteiger partial charge on any atom is -0.487 e. The summed E-state index contributed by atoms with van der Waals surface area (Å²) in [6.07, 6.45) is 5.76. The number of hydrogen-bond donors (Lipinski definition) is 1. The molecule has 1 fully saturated rings. The molecule has 0 unspecified atom stereocenters. The lowest BCUT2D eigenvalue weighted by Gasteiger charge is -2.38. The van der Waals surface area contributed by atoms with Crippen molar-refractivity contribution in [1.82, 2.24) is 4.98 Å². The summed E-state index contributed by atoms with van der Waals surface area (Å²) in [5.41, 5.74) is 5.72. The van der Waals surface area contributed by atoms with Crippen molar-refractivity contribution in [2.24, 2.45) is 5.73 Å². The Morgan fingerprint density at radius 3 is 2.83 bits per heavy atom. The van der Waals surface area contributed by atoms with E-state index in [1.54, 1.807) is 0 Å². The zero-order chi connectivity index (χ0) is 13.0. The summed E-state index contributed by atoms with van der Waals surface area (Å²) in [4.78, 5) is 6.81. The molecule has 1 saturated carbocycles. The molecule has 2 N–H and O–H groups in total. The van der Waals surface area contributed by atoms with Crippen molar-refractivity contribution in [1.29, 1.82) is 0 Å². The third-order valence-electron chi connectivity index (χ3n) is 3.27. The summed E-state index contributed by atoms with van der Waals surface area (Å²) in [7, 11) is 0. The molecule has 4 nitrogen and oxygen atoms in total. The van der Waals surface area contributed by atoms with Gasteiger partial charge in [-0.2, -0.15) is 0 Å². The zero-order valence-electron chi connectivity index (χ0n) is 11.3. The quantitative estimate of drug-likeness (QED) is 0.839. The van der Waals surface area contributed by atoms with Gasteiger partial charge in [0.2, 0.25) is 0 Å². The molecule has 100 valence electrons. The summed E-state index contributed by atoms with van der Waals surface area (Å²) in [6, 6.07) is 4.49. The molecule has 0 aliphatic heterocycles. The molecule has 1 aliphatic rings. The van der Waals surface area contributed by atoms with E-state index in [9.17, 15) is 0 Å². The summed E-state index contributed by atoms with van der Waals surface area (Å²) in [5.74, 6) is 1.81. The van der Waals surface area contributed by atoms with E-state index in [1.165, 1.54) is 19.3 Å². The minimum absolute atomic E-state index is 0.161. The summed E-state index contributed by atoms with van der Waals surface area (Å²) < 4.78 is 5.85. The number of nitrogens with two attached hydrogens (primary N) is 1. The van der Waals surface area contributed by atoms with Crippen molar-refractivity contribution < 1.29 is 4.74 Å². The second-order valence-corrected chi connectivity index (χ2v) is 5.06. The van der Waals surface area contributed by atoms with Crippen LogP contribution in [0.25, 0.3) is 0 Å². The van der Waals surface area contributed by atoms with Crippen LogP contribution in [0.15, 0.2) is 18.3 Å². The van der Waals surface area contributed by atoms with Crippen molar-refractivity contribution in [2.75, 3.05) is 18.0 Å². The number of nitrogens with zero attached hydrogens (tertiary/aromatic N) is 2. The van der Waals surface area contributed by atoms with Gasteiger partial charge in [-0.25, -0.2) is 4.98 Å². The van der Waals surface area contributed by atoms with Gasteiger partial charge >= 0.3 is 0 Å². The maximum Gasteiger partial charge on any atom is 0.171 e. The second-order valence-electron chi connectivity index (χ2n) is 5.06. The van der Waals surface area contributed by atoms with Gasteiger partial charge in [0, 0.05) is 25.3 Å². The van der Waals surface area contributed by atoms with Gasteiger partial charge in [-0.3, -0.25) is 0 Å². The molecule has 0 spiro atoms. The third-order valence-corrected chi connectivity index (χ3v) is 3.27. The summed E-state index contributed by atoms with van der Waals surface area (Å²) >= 11 is 0. The van der Waals surface area contributed by atoms with Crippen LogP contribution in [-0.2, 0) is 0 Å². The predicted molar refractivity (Wildman–Crippen MR) is 74.0 cm³/mol. The number of pyridine rings is 1. The number of anilines is 1. The standard InChI is InChI=1S/C14H23N3O/c1-11(2)18-13-7-4-9-16-14(13)17(10-8-15)12-5-3-6-12/h4,7,9,11-12H,3,5-6,8,10,15H2,1-2H3. The first-order chi connectivity index (χ1) is 8.72. The van der Waals surface area contributed by atoms with Gasteiger partial charge in [0.15, 0.2) is 11.6 Å². The Kier molecular flexibility index (Phi) is 4.42. The molecule has 1 aromatic rings. The molecular weight excluding hydrogens is 226 g/mol. The van der Waals surface area contributed by atoms with Crippen LogP contribution in [0, 0.1) is 0 Å². The molecule has 1 aliphatic carbocycles. The van der Waals surface area contributed by atoms with E-state index in [0.717, 1.165) is 18.1 Å². The first kappa shape index (κ1) is 13.1. The highest BCUT2D eigenvalue weighted by molar-refractivity contribution is 5.53. The van der Waals surface area contributed by atoms with Gasteiger partial charge < -0.3 is 15.4 Å². The molecule has 1 heterocycles. The van der Waals surface area contributed by atoms with Crippen molar-refractivity contribution in [2.45, 2.75) is 45.3 Å². The van der Waals surface area contributed by atoms with Crippen LogP contribution in [0.5, 0.6) is 5.75 Å². The number of hydrogen-bond acceptors (Lipinski definition) is 4. The average molecular weight is 249 g/mol. The van der Waals surface area contributed by atoms with Crippen LogP contribution in [-0.4, -0.2) is 30.2 Å². The Morgan fingerprint density at radius 2 is 2.28 bits per heavy atom. The highest BCUT2D eigenvalue weighted by Crippen LogP contribution is 2.33. The van der Waals surface area contributed by atoms with E-state index in [1.807, 2.05) is 32.2 Å². The van der Waals surface area contributed by atoms with E-state index >= 15 is 0 Å². The first-order valence-electron chi connectivity index (χ1n) is 6.80. The van der Waals surface area contributed by atoms with E-state index in [4.69, 9.17) is 10.5 Å². The molecular formula is C14H23N3O. The van der Waals surface area contributed by atoms with Crippen LogP contribution in [0.4, 0.5) is 5.82 Å². The molecule has 0 atom stereocenters.